The SMILES string of the molecule is CCCN(CC(=O)Nc1cc(S(=O)(=O)N2CCCCC2)ccc1OC)Cc1ccccc1. The van der Waals surface area contributed by atoms with E-state index in [0.29, 0.717) is 31.1 Å². The Kier molecular flexibility index (Phi) is 8.67. The Morgan fingerprint density at radius 1 is 1.09 bits per heavy atom. The lowest BCUT2D eigenvalue weighted by Gasteiger charge is -2.26. The van der Waals surface area contributed by atoms with Crippen molar-refractivity contribution in [2.75, 3.05) is 38.6 Å². The van der Waals surface area contributed by atoms with E-state index in [1.165, 1.54) is 23.5 Å². The molecule has 0 radical (unpaired) electrons. The van der Waals surface area contributed by atoms with Gasteiger partial charge in [-0.25, -0.2) is 8.42 Å². The number of nitrogens with one attached hydrogen (secondary N) is 1. The topological polar surface area (TPSA) is 79.0 Å². The van der Waals surface area contributed by atoms with E-state index in [1.54, 1.807) is 6.07 Å². The maximum Gasteiger partial charge on any atom is 0.243 e. The summed E-state index contributed by atoms with van der Waals surface area (Å²) in [6, 6.07) is 14.7. The molecule has 3 rings (SSSR count). The zero-order chi connectivity index (χ0) is 23.0. The molecule has 8 heteroatoms. The zero-order valence-corrected chi connectivity index (χ0v) is 19.7. The number of ether oxygens (including phenoxy) is 1. The molecule has 0 aliphatic carbocycles. The Hall–Kier alpha value is -2.42. The standard InChI is InChI=1S/C24H33N3O4S/c1-3-14-26(18-20-10-6-4-7-11-20)19-24(28)25-22-17-21(12-13-23(22)31-2)32(29,30)27-15-8-5-9-16-27/h4,6-7,10-13,17H,3,5,8-9,14-16,18-19H2,1-2H3,(H,25,28). The summed E-state index contributed by atoms with van der Waals surface area (Å²) in [6.45, 7) is 4.79. The minimum atomic E-state index is -3.60. The lowest BCUT2D eigenvalue weighted by molar-refractivity contribution is -0.117. The summed E-state index contributed by atoms with van der Waals surface area (Å²) in [4.78, 5) is 15.1. The van der Waals surface area contributed by atoms with E-state index in [0.717, 1.165) is 37.8 Å². The number of carbonyl (C=O) groups is 1. The fraction of sp³-hybridized carbons (Fsp3) is 0.458. The maximum atomic E-state index is 13.1. The van der Waals surface area contributed by atoms with Crippen LogP contribution < -0.4 is 10.1 Å². The number of hydrogen-bond donors (Lipinski definition) is 1. The third kappa shape index (κ3) is 6.31. The summed E-state index contributed by atoms with van der Waals surface area (Å²) in [5.74, 6) is 0.223. The van der Waals surface area contributed by atoms with E-state index in [9.17, 15) is 13.2 Å². The fourth-order valence-electron chi connectivity index (χ4n) is 3.96. The van der Waals surface area contributed by atoms with Crippen LogP contribution >= 0.6 is 0 Å². The first-order valence-electron chi connectivity index (χ1n) is 11.2. The molecule has 1 saturated heterocycles. The van der Waals surface area contributed by atoms with Crippen molar-refractivity contribution in [1.29, 1.82) is 0 Å². The number of carbonyl (C=O) groups excluding carboxylic acids is 1. The van der Waals surface area contributed by atoms with Crippen LogP contribution in [0.2, 0.25) is 0 Å². The lowest BCUT2D eigenvalue weighted by Crippen LogP contribution is -2.35. The van der Waals surface area contributed by atoms with Crippen LogP contribution in [-0.2, 0) is 21.4 Å². The van der Waals surface area contributed by atoms with Gasteiger partial charge in [-0.15, -0.1) is 0 Å². The molecule has 7 nitrogen and oxygen atoms in total. The molecule has 1 fully saturated rings. The first-order valence-corrected chi connectivity index (χ1v) is 12.6. The van der Waals surface area contributed by atoms with Crippen LogP contribution in [-0.4, -0.2) is 56.8 Å². The molecule has 0 unspecified atom stereocenters. The van der Waals surface area contributed by atoms with Crippen LogP contribution in [0.25, 0.3) is 0 Å². The van der Waals surface area contributed by atoms with Crippen molar-refractivity contribution in [3.05, 3.63) is 54.1 Å². The van der Waals surface area contributed by atoms with E-state index < -0.39 is 10.0 Å². The highest BCUT2D eigenvalue weighted by Crippen LogP contribution is 2.30. The molecule has 0 bridgehead atoms. The molecule has 0 aromatic heterocycles. The monoisotopic (exact) mass is 459 g/mol. The average molecular weight is 460 g/mol. The van der Waals surface area contributed by atoms with Crippen molar-refractivity contribution in [1.82, 2.24) is 9.21 Å². The minimum Gasteiger partial charge on any atom is -0.495 e. The Bertz CT molecular complexity index is 990. The normalized spacial score (nSPS) is 15.0. The van der Waals surface area contributed by atoms with Crippen molar-refractivity contribution in [2.24, 2.45) is 0 Å². The number of hydrogen-bond acceptors (Lipinski definition) is 5. The van der Waals surface area contributed by atoms with E-state index in [4.69, 9.17) is 4.74 Å². The molecular formula is C24H33N3O4S. The van der Waals surface area contributed by atoms with Crippen molar-refractivity contribution in [3.8, 4) is 5.75 Å². The number of benzene rings is 2. The van der Waals surface area contributed by atoms with Gasteiger partial charge < -0.3 is 10.1 Å². The molecule has 1 N–H and O–H groups in total. The molecule has 0 saturated carbocycles. The van der Waals surface area contributed by atoms with Crippen molar-refractivity contribution >= 4 is 21.6 Å². The number of methoxy groups -OCH3 is 1. The third-order valence-electron chi connectivity index (χ3n) is 5.55. The van der Waals surface area contributed by atoms with Crippen LogP contribution in [0.15, 0.2) is 53.4 Å². The Morgan fingerprint density at radius 3 is 2.47 bits per heavy atom. The maximum absolute atomic E-state index is 13.1. The number of anilines is 1. The molecule has 1 aliphatic rings. The van der Waals surface area contributed by atoms with E-state index in [2.05, 4.69) is 17.1 Å². The van der Waals surface area contributed by atoms with Gasteiger partial charge in [-0.3, -0.25) is 9.69 Å². The van der Waals surface area contributed by atoms with Crippen molar-refractivity contribution in [3.63, 3.8) is 0 Å². The number of nitrogens with zero attached hydrogens (tertiary/aromatic N) is 2. The van der Waals surface area contributed by atoms with Crippen LogP contribution in [0.5, 0.6) is 5.75 Å². The van der Waals surface area contributed by atoms with Gasteiger partial charge in [0.2, 0.25) is 15.9 Å². The predicted octanol–water partition coefficient (Wildman–Crippen LogP) is 3.72. The second-order valence-corrected chi connectivity index (χ2v) is 10.0. The fourth-order valence-corrected chi connectivity index (χ4v) is 5.51. The predicted molar refractivity (Wildman–Crippen MR) is 126 cm³/mol. The average Bonchev–Trinajstić information content (AvgIpc) is 2.80. The van der Waals surface area contributed by atoms with Gasteiger partial charge >= 0.3 is 0 Å². The molecule has 2 aromatic carbocycles. The van der Waals surface area contributed by atoms with Gasteiger partial charge in [-0.05, 0) is 49.6 Å². The number of rotatable bonds is 10. The smallest absolute Gasteiger partial charge is 0.243 e. The van der Waals surface area contributed by atoms with Gasteiger partial charge in [-0.2, -0.15) is 4.31 Å². The molecule has 0 atom stereocenters. The third-order valence-corrected chi connectivity index (χ3v) is 7.45. The van der Waals surface area contributed by atoms with E-state index in [1.807, 2.05) is 30.3 Å². The van der Waals surface area contributed by atoms with Crippen molar-refractivity contribution < 1.29 is 17.9 Å². The largest absolute Gasteiger partial charge is 0.495 e. The highest BCUT2D eigenvalue weighted by atomic mass is 32.2. The summed E-state index contributed by atoms with van der Waals surface area (Å²) in [5, 5.41) is 2.86. The number of piperidine rings is 1. The van der Waals surface area contributed by atoms with Crippen LogP contribution in [0.1, 0.15) is 38.2 Å². The summed E-state index contributed by atoms with van der Waals surface area (Å²) >= 11 is 0. The van der Waals surface area contributed by atoms with Gasteiger partial charge in [0.1, 0.15) is 5.75 Å². The lowest BCUT2D eigenvalue weighted by atomic mass is 10.2. The quantitative estimate of drug-likeness (QED) is 0.586. The van der Waals surface area contributed by atoms with Crippen molar-refractivity contribution in [2.45, 2.75) is 44.0 Å². The Labute approximate surface area is 191 Å². The molecule has 1 aliphatic heterocycles. The Balaban J connectivity index is 1.74. The van der Waals surface area contributed by atoms with Gasteiger partial charge in [0.25, 0.3) is 0 Å². The highest BCUT2D eigenvalue weighted by molar-refractivity contribution is 7.89. The Morgan fingerprint density at radius 2 is 1.81 bits per heavy atom. The van der Waals surface area contributed by atoms with E-state index >= 15 is 0 Å². The molecule has 0 spiro atoms. The molecule has 1 heterocycles. The second-order valence-electron chi connectivity index (χ2n) is 8.07. The summed E-state index contributed by atoms with van der Waals surface area (Å²) < 4.78 is 33.0. The zero-order valence-electron chi connectivity index (χ0n) is 18.9. The van der Waals surface area contributed by atoms with Gasteiger partial charge in [0.15, 0.2) is 0 Å². The van der Waals surface area contributed by atoms with Gasteiger partial charge in [-0.1, -0.05) is 43.7 Å². The molecule has 174 valence electrons. The first-order chi connectivity index (χ1) is 15.4. The molecule has 32 heavy (non-hydrogen) atoms. The summed E-state index contributed by atoms with van der Waals surface area (Å²) in [5.41, 5.74) is 1.51. The summed E-state index contributed by atoms with van der Waals surface area (Å²) in [7, 11) is -2.10. The van der Waals surface area contributed by atoms with Crippen LogP contribution in [0.4, 0.5) is 5.69 Å². The number of amides is 1. The van der Waals surface area contributed by atoms with Crippen LogP contribution in [0.3, 0.4) is 0 Å². The summed E-state index contributed by atoms with van der Waals surface area (Å²) in [6.07, 6.45) is 3.71. The van der Waals surface area contributed by atoms with Crippen LogP contribution in [0, 0.1) is 0 Å². The first kappa shape index (κ1) is 24.2. The van der Waals surface area contributed by atoms with E-state index in [-0.39, 0.29) is 17.3 Å². The molecule has 1 amide bonds. The molecule has 2 aromatic rings. The van der Waals surface area contributed by atoms with Gasteiger partial charge in [0.05, 0.1) is 24.2 Å². The molecular weight excluding hydrogens is 426 g/mol. The second kappa shape index (κ2) is 11.4. The van der Waals surface area contributed by atoms with Gasteiger partial charge in [0, 0.05) is 19.6 Å². The minimum absolute atomic E-state index is 0.171. The highest BCUT2D eigenvalue weighted by Gasteiger charge is 2.27. The number of sulfonamides is 1.